The summed E-state index contributed by atoms with van der Waals surface area (Å²) in [6.07, 6.45) is -4.81. The van der Waals surface area contributed by atoms with Crippen LogP contribution in [0.3, 0.4) is 0 Å². The van der Waals surface area contributed by atoms with E-state index in [1.165, 1.54) is 0 Å². The van der Waals surface area contributed by atoms with Crippen molar-refractivity contribution in [1.29, 1.82) is 0 Å². The predicted octanol–water partition coefficient (Wildman–Crippen LogP) is 4.03. The number of benzene rings is 1. The average Bonchev–Trinajstić information content (AvgIpc) is 2.42. The molecule has 0 spiro atoms. The Morgan fingerprint density at radius 2 is 1.94 bits per heavy atom. The summed E-state index contributed by atoms with van der Waals surface area (Å²) in [7, 11) is 0. The molecule has 3 nitrogen and oxygen atoms in total. The van der Waals surface area contributed by atoms with E-state index in [4.69, 9.17) is 27.6 Å². The minimum absolute atomic E-state index is 0.133. The molecule has 0 aliphatic heterocycles. The first-order valence-electron chi connectivity index (χ1n) is 3.86. The van der Waals surface area contributed by atoms with Crippen molar-refractivity contribution in [1.82, 2.24) is 4.98 Å². The van der Waals surface area contributed by atoms with Gasteiger partial charge in [0.1, 0.15) is 5.52 Å². The first-order valence-corrected chi connectivity index (χ1v) is 4.62. The maximum Gasteiger partial charge on any atom is 0.573 e. The second kappa shape index (κ2) is 3.71. The van der Waals surface area contributed by atoms with Gasteiger partial charge in [0.05, 0.1) is 5.02 Å². The van der Waals surface area contributed by atoms with Crippen molar-refractivity contribution >= 4 is 34.3 Å². The zero-order valence-electron chi connectivity index (χ0n) is 7.31. The molecule has 1 heterocycles. The molecule has 2 aromatic rings. The lowest BCUT2D eigenvalue weighted by Crippen LogP contribution is -2.17. The van der Waals surface area contributed by atoms with Crippen LogP contribution in [0.5, 0.6) is 5.75 Å². The van der Waals surface area contributed by atoms with Gasteiger partial charge in [0, 0.05) is 12.1 Å². The van der Waals surface area contributed by atoms with Crippen molar-refractivity contribution in [2.75, 3.05) is 0 Å². The van der Waals surface area contributed by atoms with E-state index in [9.17, 15) is 13.2 Å². The number of ether oxygens (including phenoxy) is 1. The van der Waals surface area contributed by atoms with Crippen LogP contribution in [-0.2, 0) is 0 Å². The predicted molar refractivity (Wildman–Crippen MR) is 50.7 cm³/mol. The molecule has 0 amide bonds. The number of aromatic nitrogens is 1. The summed E-state index contributed by atoms with van der Waals surface area (Å²) in [4.78, 5) is 3.64. The molecular formula is C8H2Cl2F3NO2. The molecule has 0 radical (unpaired) electrons. The molecule has 1 aromatic heterocycles. The number of nitrogens with zero attached hydrogens (tertiary/aromatic N) is 1. The van der Waals surface area contributed by atoms with Crippen LogP contribution in [0.15, 0.2) is 16.5 Å². The Balaban J connectivity index is 2.49. The Labute approximate surface area is 96.7 Å². The second-order valence-corrected chi connectivity index (χ2v) is 3.50. The van der Waals surface area contributed by atoms with E-state index in [2.05, 4.69) is 9.72 Å². The minimum Gasteiger partial charge on any atom is -0.428 e. The highest BCUT2D eigenvalue weighted by molar-refractivity contribution is 6.33. The highest BCUT2D eigenvalue weighted by Gasteiger charge is 2.32. The summed E-state index contributed by atoms with van der Waals surface area (Å²) in [6.45, 7) is 0. The molecular weight excluding hydrogens is 270 g/mol. The van der Waals surface area contributed by atoms with Gasteiger partial charge >= 0.3 is 6.36 Å². The molecule has 1 aromatic carbocycles. The number of rotatable bonds is 1. The van der Waals surface area contributed by atoms with Crippen LogP contribution in [0.2, 0.25) is 10.4 Å². The molecule has 0 N–H and O–H groups in total. The summed E-state index contributed by atoms with van der Waals surface area (Å²) in [5.41, 5.74) is 0.318. The molecule has 0 unspecified atom stereocenters. The maximum atomic E-state index is 12.0. The van der Waals surface area contributed by atoms with E-state index in [1.807, 2.05) is 0 Å². The minimum atomic E-state index is -4.81. The Morgan fingerprint density at radius 1 is 1.25 bits per heavy atom. The topological polar surface area (TPSA) is 35.3 Å². The van der Waals surface area contributed by atoms with E-state index in [0.717, 1.165) is 12.1 Å². The van der Waals surface area contributed by atoms with Gasteiger partial charge in [-0.15, -0.1) is 13.2 Å². The molecule has 16 heavy (non-hydrogen) atoms. The van der Waals surface area contributed by atoms with Crippen LogP contribution >= 0.6 is 23.2 Å². The lowest BCUT2D eigenvalue weighted by atomic mass is 10.3. The molecule has 0 saturated carbocycles. The highest BCUT2D eigenvalue weighted by atomic mass is 35.5. The van der Waals surface area contributed by atoms with Gasteiger partial charge < -0.3 is 9.15 Å². The number of oxazole rings is 1. The van der Waals surface area contributed by atoms with E-state index in [0.29, 0.717) is 0 Å². The molecule has 0 atom stereocenters. The van der Waals surface area contributed by atoms with Crippen LogP contribution in [0.1, 0.15) is 0 Å². The van der Waals surface area contributed by atoms with Crippen molar-refractivity contribution in [3.63, 3.8) is 0 Å². The average molecular weight is 272 g/mol. The smallest absolute Gasteiger partial charge is 0.428 e. The van der Waals surface area contributed by atoms with Gasteiger partial charge in [-0.2, -0.15) is 4.98 Å². The fourth-order valence-electron chi connectivity index (χ4n) is 1.10. The molecule has 86 valence electrons. The molecule has 0 aliphatic carbocycles. The monoisotopic (exact) mass is 271 g/mol. The van der Waals surface area contributed by atoms with E-state index >= 15 is 0 Å². The summed E-state index contributed by atoms with van der Waals surface area (Å²) in [5, 5.41) is -0.423. The van der Waals surface area contributed by atoms with Crippen LogP contribution in [-0.4, -0.2) is 11.3 Å². The Bertz CT molecular complexity index is 538. The normalized spacial score (nSPS) is 12.1. The Hall–Kier alpha value is -1.14. The van der Waals surface area contributed by atoms with Gasteiger partial charge in [0.15, 0.2) is 11.3 Å². The summed E-state index contributed by atoms with van der Waals surface area (Å²) < 4.78 is 44.5. The van der Waals surface area contributed by atoms with Crippen molar-refractivity contribution in [2.24, 2.45) is 0 Å². The Morgan fingerprint density at radius 3 is 2.56 bits per heavy atom. The zero-order valence-corrected chi connectivity index (χ0v) is 8.82. The lowest BCUT2D eigenvalue weighted by molar-refractivity contribution is -0.274. The Kier molecular flexibility index (Phi) is 2.63. The second-order valence-electron chi connectivity index (χ2n) is 2.76. The van der Waals surface area contributed by atoms with Gasteiger partial charge in [-0.25, -0.2) is 0 Å². The third-order valence-electron chi connectivity index (χ3n) is 1.64. The molecule has 0 fully saturated rings. The van der Waals surface area contributed by atoms with Gasteiger partial charge in [0.25, 0.3) is 5.35 Å². The van der Waals surface area contributed by atoms with Crippen molar-refractivity contribution in [2.45, 2.75) is 6.36 Å². The maximum absolute atomic E-state index is 12.0. The summed E-state index contributed by atoms with van der Waals surface area (Å²) >= 11 is 11.0. The number of fused-ring (bicyclic) bond motifs is 1. The van der Waals surface area contributed by atoms with E-state index in [-0.39, 0.29) is 21.5 Å². The molecule has 8 heteroatoms. The first-order chi connectivity index (χ1) is 7.35. The van der Waals surface area contributed by atoms with Crippen LogP contribution in [0, 0.1) is 0 Å². The van der Waals surface area contributed by atoms with Gasteiger partial charge in [-0.3, -0.25) is 0 Å². The van der Waals surface area contributed by atoms with E-state index < -0.39 is 12.1 Å². The zero-order chi connectivity index (χ0) is 11.9. The van der Waals surface area contributed by atoms with Crippen LogP contribution in [0.25, 0.3) is 11.1 Å². The lowest BCUT2D eigenvalue weighted by Gasteiger charge is -2.09. The number of alkyl halides is 3. The van der Waals surface area contributed by atoms with Gasteiger partial charge in [0.2, 0.25) is 0 Å². The van der Waals surface area contributed by atoms with Crippen molar-refractivity contribution < 1.29 is 22.3 Å². The SMILES string of the molecule is FC(F)(F)Oc1cc2nc(Cl)oc2cc1Cl. The molecule has 0 bridgehead atoms. The molecule has 0 aliphatic rings. The number of hydrogen-bond acceptors (Lipinski definition) is 3. The van der Waals surface area contributed by atoms with E-state index in [1.54, 1.807) is 0 Å². The standard InChI is InChI=1S/C8H2Cl2F3NO2/c9-3-1-6-4(14-7(10)15-6)2-5(3)16-8(11,12)13/h1-2H. The third kappa shape index (κ3) is 2.33. The number of halogens is 5. The fraction of sp³-hybridized carbons (Fsp3) is 0.125. The van der Waals surface area contributed by atoms with Gasteiger partial charge in [-0.05, 0) is 11.6 Å². The van der Waals surface area contributed by atoms with Crippen molar-refractivity contribution in [3.05, 3.63) is 22.5 Å². The van der Waals surface area contributed by atoms with Crippen LogP contribution < -0.4 is 4.74 Å². The molecule has 2 rings (SSSR count). The highest BCUT2D eigenvalue weighted by Crippen LogP contribution is 2.34. The van der Waals surface area contributed by atoms with Crippen molar-refractivity contribution in [3.8, 4) is 5.75 Å². The first kappa shape index (κ1) is 11.3. The van der Waals surface area contributed by atoms with Gasteiger partial charge in [-0.1, -0.05) is 11.6 Å². The summed E-state index contributed by atoms with van der Waals surface area (Å²) in [5.74, 6) is -0.549. The fourth-order valence-corrected chi connectivity index (χ4v) is 1.47. The molecule has 0 saturated heterocycles. The largest absolute Gasteiger partial charge is 0.573 e. The third-order valence-corrected chi connectivity index (χ3v) is 2.10. The number of hydrogen-bond donors (Lipinski definition) is 0. The summed E-state index contributed by atoms with van der Waals surface area (Å²) in [6, 6.07) is 2.15. The van der Waals surface area contributed by atoms with Crippen LogP contribution in [0.4, 0.5) is 13.2 Å². The quantitative estimate of drug-likeness (QED) is 0.786.